The first-order chi connectivity index (χ1) is 6.70. The number of hydrogen-bond donors (Lipinski definition) is 2. The molecular formula is C8H13NO5. The van der Waals surface area contributed by atoms with E-state index >= 15 is 0 Å². The second-order valence-electron chi connectivity index (χ2n) is 2.78. The third-order valence-electron chi connectivity index (χ3n) is 1.99. The summed E-state index contributed by atoms with van der Waals surface area (Å²) in [6, 6.07) is 0. The van der Waals surface area contributed by atoms with E-state index in [2.05, 4.69) is 0 Å². The van der Waals surface area contributed by atoms with Crippen molar-refractivity contribution >= 4 is 18.9 Å². The predicted molar refractivity (Wildman–Crippen MR) is 46.7 cm³/mol. The maximum Gasteiger partial charge on any atom is 0.145 e. The second-order valence-corrected chi connectivity index (χ2v) is 2.78. The first kappa shape index (κ1) is 12.9. The highest BCUT2D eigenvalue weighted by molar-refractivity contribution is 5.68. The molecule has 0 aromatic rings. The summed E-state index contributed by atoms with van der Waals surface area (Å²) in [5.74, 6) is 0. The van der Waals surface area contributed by atoms with Crippen LogP contribution in [0.4, 0.5) is 0 Å². The zero-order chi connectivity index (χ0) is 11.0. The minimum atomic E-state index is -1.55. The summed E-state index contributed by atoms with van der Waals surface area (Å²) in [7, 11) is 0. The maximum atomic E-state index is 10.7. The second kappa shape index (κ2) is 6.36. The molecule has 0 saturated carbocycles. The van der Waals surface area contributed by atoms with Gasteiger partial charge in [-0.2, -0.15) is 0 Å². The van der Waals surface area contributed by atoms with Crippen LogP contribution in [0.3, 0.4) is 0 Å². The van der Waals surface area contributed by atoms with Crippen molar-refractivity contribution in [3.63, 3.8) is 0 Å². The minimum Gasteiger partial charge on any atom is -0.394 e. The molecule has 0 heterocycles. The Balaban J connectivity index is 4.76. The van der Waals surface area contributed by atoms with Gasteiger partial charge >= 0.3 is 0 Å². The number of aliphatic hydroxyl groups excluding tert-OH is 2. The van der Waals surface area contributed by atoms with E-state index in [0.717, 1.165) is 4.90 Å². The number of nitrogens with zero attached hydrogens (tertiary/aromatic N) is 1. The van der Waals surface area contributed by atoms with Crippen LogP contribution in [0.5, 0.6) is 0 Å². The maximum absolute atomic E-state index is 10.7. The number of aldehydes is 3. The Morgan fingerprint density at radius 3 is 1.64 bits per heavy atom. The summed E-state index contributed by atoms with van der Waals surface area (Å²) in [6.45, 7) is -1.68. The van der Waals surface area contributed by atoms with Crippen LogP contribution in [0.15, 0.2) is 0 Å². The number of hydrogen-bond acceptors (Lipinski definition) is 6. The van der Waals surface area contributed by atoms with Gasteiger partial charge in [-0.3, -0.25) is 4.90 Å². The normalized spacial score (nSPS) is 11.4. The average Bonchev–Trinajstić information content (AvgIpc) is 2.22. The smallest absolute Gasteiger partial charge is 0.145 e. The van der Waals surface area contributed by atoms with Crippen molar-refractivity contribution in [2.45, 2.75) is 5.54 Å². The Morgan fingerprint density at radius 2 is 1.43 bits per heavy atom. The number of aliphatic hydroxyl groups is 2. The molecule has 2 N–H and O–H groups in total. The Kier molecular flexibility index (Phi) is 5.86. The summed E-state index contributed by atoms with van der Waals surface area (Å²) >= 11 is 0. The van der Waals surface area contributed by atoms with E-state index < -0.39 is 18.8 Å². The third kappa shape index (κ3) is 2.69. The molecule has 0 radical (unpaired) electrons. The lowest BCUT2D eigenvalue weighted by atomic mass is 10.0. The van der Waals surface area contributed by atoms with Crippen LogP contribution in [-0.2, 0) is 14.4 Å². The predicted octanol–water partition coefficient (Wildman–Crippen LogP) is -2.39. The summed E-state index contributed by atoms with van der Waals surface area (Å²) in [4.78, 5) is 32.3. The van der Waals surface area contributed by atoms with Crippen molar-refractivity contribution in [2.24, 2.45) is 0 Å². The Bertz CT molecular complexity index is 192. The van der Waals surface area contributed by atoms with Gasteiger partial charge in [0.05, 0.1) is 26.3 Å². The minimum absolute atomic E-state index is 0.196. The standard InChI is InChI=1S/C8H13NO5/c10-3-1-9(2-4-11)8(5-12,6-13)7-14/h3-5,13-14H,1-2,6-7H2. The lowest BCUT2D eigenvalue weighted by molar-refractivity contribution is -0.128. The summed E-state index contributed by atoms with van der Waals surface area (Å²) < 4.78 is 0. The van der Waals surface area contributed by atoms with Crippen LogP contribution in [0, 0.1) is 0 Å². The van der Waals surface area contributed by atoms with Gasteiger partial charge in [-0.15, -0.1) is 0 Å². The quantitative estimate of drug-likeness (QED) is 0.427. The van der Waals surface area contributed by atoms with Crippen molar-refractivity contribution in [3.8, 4) is 0 Å². The molecule has 0 aliphatic carbocycles. The van der Waals surface area contributed by atoms with Gasteiger partial charge in [-0.1, -0.05) is 0 Å². The molecule has 0 amide bonds. The van der Waals surface area contributed by atoms with Crippen molar-refractivity contribution in [2.75, 3.05) is 26.3 Å². The monoisotopic (exact) mass is 203 g/mol. The molecule has 0 spiro atoms. The molecule has 0 aliphatic rings. The van der Waals surface area contributed by atoms with Crippen LogP contribution < -0.4 is 0 Å². The summed E-state index contributed by atoms with van der Waals surface area (Å²) in [6.07, 6.45) is 1.32. The molecule has 0 aromatic heterocycles. The molecule has 0 fully saturated rings. The van der Waals surface area contributed by atoms with Crippen molar-refractivity contribution < 1.29 is 24.6 Å². The van der Waals surface area contributed by atoms with Gasteiger partial charge in [-0.05, 0) is 0 Å². The van der Waals surface area contributed by atoms with Crippen molar-refractivity contribution in [3.05, 3.63) is 0 Å². The molecular weight excluding hydrogens is 190 g/mol. The van der Waals surface area contributed by atoms with Crippen LogP contribution in [0.25, 0.3) is 0 Å². The van der Waals surface area contributed by atoms with E-state index in [1.165, 1.54) is 0 Å². The largest absolute Gasteiger partial charge is 0.394 e. The van der Waals surface area contributed by atoms with E-state index in [1.807, 2.05) is 0 Å². The molecule has 0 aliphatic heterocycles. The Morgan fingerprint density at radius 1 is 1.00 bits per heavy atom. The fourth-order valence-electron chi connectivity index (χ4n) is 1.02. The zero-order valence-corrected chi connectivity index (χ0v) is 7.63. The molecule has 6 nitrogen and oxygen atoms in total. The van der Waals surface area contributed by atoms with Gasteiger partial charge < -0.3 is 24.6 Å². The highest BCUT2D eigenvalue weighted by atomic mass is 16.3. The first-order valence-electron chi connectivity index (χ1n) is 4.01. The SMILES string of the molecule is O=CCN(CC=O)C(C=O)(CO)CO. The van der Waals surface area contributed by atoms with Crippen molar-refractivity contribution in [1.29, 1.82) is 0 Å². The van der Waals surface area contributed by atoms with Crippen LogP contribution >= 0.6 is 0 Å². The van der Waals surface area contributed by atoms with Crippen LogP contribution in [0.1, 0.15) is 0 Å². The fraction of sp³-hybridized carbons (Fsp3) is 0.625. The lowest BCUT2D eigenvalue weighted by Crippen LogP contribution is -2.57. The van der Waals surface area contributed by atoms with E-state index in [9.17, 15) is 14.4 Å². The number of rotatable bonds is 8. The van der Waals surface area contributed by atoms with Gasteiger partial charge in [0.15, 0.2) is 0 Å². The first-order valence-corrected chi connectivity index (χ1v) is 4.01. The zero-order valence-electron chi connectivity index (χ0n) is 7.63. The Hall–Kier alpha value is -1.11. The Labute approximate surface area is 81.1 Å². The molecule has 6 heteroatoms. The van der Waals surface area contributed by atoms with Crippen molar-refractivity contribution in [1.82, 2.24) is 4.90 Å². The number of carbonyl (C=O) groups is 3. The molecule has 0 rings (SSSR count). The van der Waals surface area contributed by atoms with Gasteiger partial charge in [-0.25, -0.2) is 0 Å². The third-order valence-corrected chi connectivity index (χ3v) is 1.99. The van der Waals surface area contributed by atoms with E-state index in [-0.39, 0.29) is 13.1 Å². The lowest BCUT2D eigenvalue weighted by Gasteiger charge is -2.34. The summed E-state index contributed by atoms with van der Waals surface area (Å²) in [5, 5.41) is 17.9. The van der Waals surface area contributed by atoms with E-state index in [0.29, 0.717) is 18.9 Å². The van der Waals surface area contributed by atoms with Gasteiger partial charge in [0.1, 0.15) is 24.4 Å². The van der Waals surface area contributed by atoms with E-state index in [1.54, 1.807) is 0 Å². The van der Waals surface area contributed by atoms with Crippen LogP contribution in [0.2, 0.25) is 0 Å². The highest BCUT2D eigenvalue weighted by Gasteiger charge is 2.35. The van der Waals surface area contributed by atoms with Crippen LogP contribution in [-0.4, -0.2) is 65.8 Å². The molecule has 0 bridgehead atoms. The highest BCUT2D eigenvalue weighted by Crippen LogP contribution is 2.10. The van der Waals surface area contributed by atoms with Gasteiger partial charge in [0.25, 0.3) is 0 Å². The average molecular weight is 203 g/mol. The molecule has 0 atom stereocenters. The summed E-state index contributed by atoms with van der Waals surface area (Å²) in [5.41, 5.74) is -1.55. The molecule has 0 saturated heterocycles. The van der Waals surface area contributed by atoms with E-state index in [4.69, 9.17) is 10.2 Å². The topological polar surface area (TPSA) is 94.9 Å². The molecule has 0 unspecified atom stereocenters. The van der Waals surface area contributed by atoms with Gasteiger partial charge in [0, 0.05) is 0 Å². The van der Waals surface area contributed by atoms with Gasteiger partial charge in [0.2, 0.25) is 0 Å². The fourth-order valence-corrected chi connectivity index (χ4v) is 1.02. The molecule has 0 aromatic carbocycles. The molecule has 14 heavy (non-hydrogen) atoms. The number of carbonyl (C=O) groups excluding carboxylic acids is 3. The molecule has 80 valence electrons.